The highest BCUT2D eigenvalue weighted by Crippen LogP contribution is 2.43. The van der Waals surface area contributed by atoms with Gasteiger partial charge < -0.3 is 15.3 Å². The summed E-state index contributed by atoms with van der Waals surface area (Å²) in [5.74, 6) is 0. The van der Waals surface area contributed by atoms with E-state index < -0.39 is 0 Å². The highest BCUT2D eigenvalue weighted by Gasteiger charge is 2.47. The van der Waals surface area contributed by atoms with Crippen LogP contribution in [-0.2, 0) is 0 Å². The van der Waals surface area contributed by atoms with Crippen LogP contribution in [-0.4, -0.2) is 31.3 Å². The first kappa shape index (κ1) is 12.2. The highest BCUT2D eigenvalue weighted by atomic mass is 16.3. The molecule has 2 atom stereocenters. The summed E-state index contributed by atoms with van der Waals surface area (Å²) in [6.45, 7) is 4.22. The molecule has 1 aromatic carbocycles. The van der Waals surface area contributed by atoms with E-state index in [9.17, 15) is 5.11 Å². The maximum Gasteiger partial charge on any atom is 0.0630 e. The third kappa shape index (κ3) is 2.12. The molecule has 94 valence electrons. The van der Waals surface area contributed by atoms with Crippen LogP contribution in [0.15, 0.2) is 24.3 Å². The molecule has 0 aliphatic heterocycles. The van der Waals surface area contributed by atoms with Gasteiger partial charge in [-0.15, -0.1) is 0 Å². The second-order valence-corrected chi connectivity index (χ2v) is 5.68. The molecule has 1 aromatic rings. The van der Waals surface area contributed by atoms with E-state index in [1.165, 1.54) is 5.69 Å². The van der Waals surface area contributed by atoms with Crippen molar-refractivity contribution in [2.24, 2.45) is 5.41 Å². The quantitative estimate of drug-likeness (QED) is 0.842. The van der Waals surface area contributed by atoms with Crippen molar-refractivity contribution in [1.82, 2.24) is 0 Å². The van der Waals surface area contributed by atoms with E-state index in [4.69, 9.17) is 0 Å². The van der Waals surface area contributed by atoms with Crippen LogP contribution in [0, 0.1) is 5.41 Å². The Morgan fingerprint density at radius 3 is 2.47 bits per heavy atom. The van der Waals surface area contributed by atoms with Crippen LogP contribution in [0.5, 0.6) is 0 Å². The van der Waals surface area contributed by atoms with E-state index >= 15 is 0 Å². The molecule has 2 unspecified atom stereocenters. The van der Waals surface area contributed by atoms with Crippen molar-refractivity contribution in [3.63, 3.8) is 0 Å². The van der Waals surface area contributed by atoms with Gasteiger partial charge in [0.2, 0.25) is 0 Å². The SMILES string of the molecule is CN(C)c1ccccc1NC1CC(O)C1(C)C. The van der Waals surface area contributed by atoms with Crippen molar-refractivity contribution >= 4 is 11.4 Å². The number of nitrogens with zero attached hydrogens (tertiary/aromatic N) is 1. The summed E-state index contributed by atoms with van der Waals surface area (Å²) in [6, 6.07) is 8.62. The minimum Gasteiger partial charge on any atom is -0.392 e. The molecule has 2 N–H and O–H groups in total. The Morgan fingerprint density at radius 2 is 1.94 bits per heavy atom. The van der Waals surface area contributed by atoms with Crippen LogP contribution in [0.2, 0.25) is 0 Å². The predicted molar refractivity (Wildman–Crippen MR) is 72.6 cm³/mol. The summed E-state index contributed by atoms with van der Waals surface area (Å²) >= 11 is 0. The van der Waals surface area contributed by atoms with E-state index in [1.54, 1.807) is 0 Å². The summed E-state index contributed by atoms with van der Waals surface area (Å²) in [7, 11) is 4.09. The number of aliphatic hydroxyl groups excluding tert-OH is 1. The molecule has 0 heterocycles. The molecule has 0 spiro atoms. The first-order valence-electron chi connectivity index (χ1n) is 6.14. The van der Waals surface area contributed by atoms with Crippen LogP contribution in [0.25, 0.3) is 0 Å². The van der Waals surface area contributed by atoms with Gasteiger partial charge in [0.25, 0.3) is 0 Å². The molecule has 0 aromatic heterocycles. The highest BCUT2D eigenvalue weighted by molar-refractivity contribution is 5.70. The third-order valence-electron chi connectivity index (χ3n) is 3.93. The Hall–Kier alpha value is -1.22. The van der Waals surface area contributed by atoms with Crippen LogP contribution < -0.4 is 10.2 Å². The average molecular weight is 234 g/mol. The third-order valence-corrected chi connectivity index (χ3v) is 3.93. The zero-order chi connectivity index (χ0) is 12.6. The molecule has 1 saturated carbocycles. The van der Waals surface area contributed by atoms with E-state index in [2.05, 4.69) is 36.2 Å². The minimum atomic E-state index is -0.188. The van der Waals surface area contributed by atoms with Crippen molar-refractivity contribution in [2.45, 2.75) is 32.4 Å². The van der Waals surface area contributed by atoms with Gasteiger partial charge in [0.1, 0.15) is 0 Å². The molecule has 3 nitrogen and oxygen atoms in total. The maximum atomic E-state index is 9.75. The van der Waals surface area contributed by atoms with Gasteiger partial charge in [-0.25, -0.2) is 0 Å². The Kier molecular flexibility index (Phi) is 3.04. The molecule has 17 heavy (non-hydrogen) atoms. The van der Waals surface area contributed by atoms with E-state index in [0.717, 1.165) is 12.1 Å². The number of rotatable bonds is 3. The molecule has 0 saturated heterocycles. The van der Waals surface area contributed by atoms with Gasteiger partial charge in [-0.1, -0.05) is 26.0 Å². The molecule has 0 bridgehead atoms. The summed E-state index contributed by atoms with van der Waals surface area (Å²) in [6.07, 6.45) is 0.640. The molecule has 1 aliphatic carbocycles. The number of aliphatic hydroxyl groups is 1. The van der Waals surface area contributed by atoms with E-state index in [0.29, 0.717) is 6.04 Å². The number of anilines is 2. The van der Waals surface area contributed by atoms with Gasteiger partial charge in [-0.2, -0.15) is 0 Å². The van der Waals surface area contributed by atoms with Gasteiger partial charge >= 0.3 is 0 Å². The number of benzene rings is 1. The smallest absolute Gasteiger partial charge is 0.0630 e. The monoisotopic (exact) mass is 234 g/mol. The standard InChI is InChI=1S/C14H22N2O/c1-14(2)12(9-13(14)17)15-10-7-5-6-8-11(10)16(3)4/h5-8,12-13,15,17H,9H2,1-4H3. The van der Waals surface area contributed by atoms with E-state index in [1.807, 2.05) is 26.2 Å². The van der Waals surface area contributed by atoms with Crippen LogP contribution in [0.4, 0.5) is 11.4 Å². The minimum absolute atomic E-state index is 0.0422. The van der Waals surface area contributed by atoms with Gasteiger partial charge in [-0.05, 0) is 18.6 Å². The van der Waals surface area contributed by atoms with Gasteiger partial charge in [-0.3, -0.25) is 0 Å². The summed E-state index contributed by atoms with van der Waals surface area (Å²) in [5.41, 5.74) is 2.28. The number of hydrogen-bond acceptors (Lipinski definition) is 3. The average Bonchev–Trinajstić information content (AvgIpc) is 2.29. The fraction of sp³-hybridized carbons (Fsp3) is 0.571. The second-order valence-electron chi connectivity index (χ2n) is 5.68. The predicted octanol–water partition coefficient (Wildman–Crippen LogP) is 2.32. The fourth-order valence-electron chi connectivity index (χ4n) is 2.32. The van der Waals surface area contributed by atoms with Crippen molar-refractivity contribution in [1.29, 1.82) is 0 Å². The molecular formula is C14H22N2O. The molecule has 2 rings (SSSR count). The topological polar surface area (TPSA) is 35.5 Å². The number of para-hydroxylation sites is 2. The fourth-order valence-corrected chi connectivity index (χ4v) is 2.32. The van der Waals surface area contributed by atoms with Crippen LogP contribution >= 0.6 is 0 Å². The first-order valence-corrected chi connectivity index (χ1v) is 6.14. The lowest BCUT2D eigenvalue weighted by Crippen LogP contribution is -2.57. The van der Waals surface area contributed by atoms with Gasteiger partial charge in [0.05, 0.1) is 17.5 Å². The normalized spacial score (nSPS) is 26.2. The lowest BCUT2D eigenvalue weighted by Gasteiger charge is -2.50. The Bertz CT molecular complexity index is 401. The van der Waals surface area contributed by atoms with Crippen molar-refractivity contribution < 1.29 is 5.11 Å². The van der Waals surface area contributed by atoms with Crippen molar-refractivity contribution in [3.05, 3.63) is 24.3 Å². The summed E-state index contributed by atoms with van der Waals surface area (Å²) in [4.78, 5) is 2.10. The van der Waals surface area contributed by atoms with Crippen LogP contribution in [0.3, 0.4) is 0 Å². The number of hydrogen-bond donors (Lipinski definition) is 2. The molecular weight excluding hydrogens is 212 g/mol. The number of nitrogens with one attached hydrogen (secondary N) is 1. The lowest BCUT2D eigenvalue weighted by atomic mass is 9.64. The summed E-state index contributed by atoms with van der Waals surface area (Å²) in [5, 5.41) is 13.3. The Labute approximate surface area is 103 Å². The molecule has 1 fully saturated rings. The van der Waals surface area contributed by atoms with Crippen LogP contribution in [0.1, 0.15) is 20.3 Å². The molecule has 1 aliphatic rings. The molecule has 0 radical (unpaired) electrons. The van der Waals surface area contributed by atoms with Crippen molar-refractivity contribution in [3.8, 4) is 0 Å². The van der Waals surface area contributed by atoms with Gasteiger partial charge in [0, 0.05) is 25.6 Å². The largest absolute Gasteiger partial charge is 0.392 e. The Balaban J connectivity index is 2.15. The van der Waals surface area contributed by atoms with E-state index in [-0.39, 0.29) is 11.5 Å². The second kappa shape index (κ2) is 4.22. The van der Waals surface area contributed by atoms with Gasteiger partial charge in [0.15, 0.2) is 0 Å². The molecule has 0 amide bonds. The first-order chi connectivity index (χ1) is 7.93. The molecule has 3 heteroatoms. The summed E-state index contributed by atoms with van der Waals surface area (Å²) < 4.78 is 0. The van der Waals surface area contributed by atoms with Crippen molar-refractivity contribution in [2.75, 3.05) is 24.3 Å². The lowest BCUT2D eigenvalue weighted by molar-refractivity contribution is -0.0510. The Morgan fingerprint density at radius 1 is 1.29 bits per heavy atom. The maximum absolute atomic E-state index is 9.75. The zero-order valence-electron chi connectivity index (χ0n) is 11.1. The zero-order valence-corrected chi connectivity index (χ0v) is 11.1.